The van der Waals surface area contributed by atoms with E-state index in [4.69, 9.17) is 0 Å². The van der Waals surface area contributed by atoms with Gasteiger partial charge in [0.1, 0.15) is 11.6 Å². The van der Waals surface area contributed by atoms with Crippen LogP contribution >= 0.6 is 11.3 Å². The maximum absolute atomic E-state index is 13.2. The number of nitrogens with one attached hydrogen (secondary N) is 1. The van der Waals surface area contributed by atoms with Crippen molar-refractivity contribution in [3.05, 3.63) is 69.9 Å². The van der Waals surface area contributed by atoms with Crippen LogP contribution in [0.25, 0.3) is 0 Å². The summed E-state index contributed by atoms with van der Waals surface area (Å²) in [6.45, 7) is 2.63. The van der Waals surface area contributed by atoms with E-state index in [2.05, 4.69) is 15.3 Å². The van der Waals surface area contributed by atoms with E-state index < -0.39 is 0 Å². The lowest BCUT2D eigenvalue weighted by molar-refractivity contribution is 0.551. The Labute approximate surface area is 132 Å². The van der Waals surface area contributed by atoms with Crippen LogP contribution in [0, 0.1) is 12.7 Å². The van der Waals surface area contributed by atoms with Crippen LogP contribution in [0.3, 0.4) is 0 Å². The van der Waals surface area contributed by atoms with Crippen LogP contribution in [0.15, 0.2) is 42.0 Å². The molecule has 1 unspecified atom stereocenters. The topological polar surface area (TPSA) is 42.7 Å². The first-order valence-electron chi connectivity index (χ1n) is 7.00. The highest BCUT2D eigenvalue weighted by atomic mass is 32.1. The molecule has 1 N–H and O–H groups in total. The number of hydrogen-bond acceptors (Lipinski definition) is 4. The summed E-state index contributed by atoms with van der Waals surface area (Å²) in [6, 6.07) is 6.41. The second-order valence-electron chi connectivity index (χ2n) is 5.12. The Kier molecular flexibility index (Phi) is 4.31. The summed E-state index contributed by atoms with van der Waals surface area (Å²) < 4.78 is 15.1. The SMILES string of the molecule is Cc1nc(CNC(c2ccc(F)cc2)c2nccn2C)cs1. The summed E-state index contributed by atoms with van der Waals surface area (Å²) in [6.07, 6.45) is 3.67. The maximum Gasteiger partial charge on any atom is 0.130 e. The van der Waals surface area contributed by atoms with Gasteiger partial charge in [0.05, 0.1) is 16.7 Å². The third-order valence-corrected chi connectivity index (χ3v) is 4.30. The third kappa shape index (κ3) is 3.23. The minimum atomic E-state index is -0.238. The van der Waals surface area contributed by atoms with Crippen LogP contribution in [0.1, 0.15) is 28.1 Å². The van der Waals surface area contributed by atoms with Crippen molar-refractivity contribution in [3.63, 3.8) is 0 Å². The lowest BCUT2D eigenvalue weighted by atomic mass is 10.1. The fraction of sp³-hybridized carbons (Fsp3) is 0.250. The Balaban J connectivity index is 1.86. The first-order chi connectivity index (χ1) is 10.6. The largest absolute Gasteiger partial charge is 0.336 e. The molecule has 6 heteroatoms. The molecule has 0 spiro atoms. The van der Waals surface area contributed by atoms with Crippen molar-refractivity contribution in [1.29, 1.82) is 0 Å². The number of nitrogens with zero attached hydrogens (tertiary/aromatic N) is 3. The smallest absolute Gasteiger partial charge is 0.130 e. The number of hydrogen-bond donors (Lipinski definition) is 1. The number of thiazole rings is 1. The standard InChI is InChI=1S/C16H17FN4S/c1-11-20-14(10-22-11)9-19-15(16-18-7-8-21(16)2)12-3-5-13(17)6-4-12/h3-8,10,15,19H,9H2,1-2H3. The molecule has 0 aliphatic heterocycles. The van der Waals surface area contributed by atoms with Crippen LogP contribution in [-0.2, 0) is 13.6 Å². The van der Waals surface area contributed by atoms with Gasteiger partial charge in [0, 0.05) is 31.4 Å². The molecule has 1 atom stereocenters. The molecule has 0 aliphatic carbocycles. The van der Waals surface area contributed by atoms with E-state index in [1.165, 1.54) is 12.1 Å². The van der Waals surface area contributed by atoms with Crippen LogP contribution in [-0.4, -0.2) is 14.5 Å². The zero-order valence-electron chi connectivity index (χ0n) is 12.5. The van der Waals surface area contributed by atoms with Crippen molar-refractivity contribution in [2.75, 3.05) is 0 Å². The molecule has 0 radical (unpaired) electrons. The van der Waals surface area contributed by atoms with Crippen LogP contribution in [0.4, 0.5) is 4.39 Å². The van der Waals surface area contributed by atoms with Gasteiger partial charge in [0.2, 0.25) is 0 Å². The van der Waals surface area contributed by atoms with E-state index in [1.807, 2.05) is 30.1 Å². The van der Waals surface area contributed by atoms with Crippen molar-refractivity contribution in [3.8, 4) is 0 Å². The lowest BCUT2D eigenvalue weighted by Crippen LogP contribution is -2.25. The van der Waals surface area contributed by atoms with Gasteiger partial charge in [-0.15, -0.1) is 11.3 Å². The molecule has 0 aliphatic rings. The maximum atomic E-state index is 13.2. The summed E-state index contributed by atoms with van der Waals surface area (Å²) in [5, 5.41) is 6.56. The normalized spacial score (nSPS) is 12.5. The Morgan fingerprint density at radius 2 is 2.09 bits per heavy atom. The molecular weight excluding hydrogens is 299 g/mol. The minimum Gasteiger partial charge on any atom is -0.336 e. The fourth-order valence-corrected chi connectivity index (χ4v) is 2.98. The number of benzene rings is 1. The van der Waals surface area contributed by atoms with E-state index in [9.17, 15) is 4.39 Å². The van der Waals surface area contributed by atoms with Crippen molar-refractivity contribution >= 4 is 11.3 Å². The average molecular weight is 316 g/mol. The molecule has 0 amide bonds. The molecule has 0 fully saturated rings. The molecular formula is C16H17FN4S. The van der Waals surface area contributed by atoms with Crippen LogP contribution in [0.5, 0.6) is 0 Å². The number of imidazole rings is 1. The van der Waals surface area contributed by atoms with Gasteiger partial charge in [-0.05, 0) is 24.6 Å². The van der Waals surface area contributed by atoms with Crippen molar-refractivity contribution in [2.24, 2.45) is 7.05 Å². The molecule has 0 bridgehead atoms. The molecule has 2 aromatic heterocycles. The molecule has 1 aromatic carbocycles. The Morgan fingerprint density at radius 3 is 2.68 bits per heavy atom. The van der Waals surface area contributed by atoms with Gasteiger partial charge in [0.25, 0.3) is 0 Å². The summed E-state index contributed by atoms with van der Waals surface area (Å²) in [7, 11) is 1.95. The minimum absolute atomic E-state index is 0.109. The summed E-state index contributed by atoms with van der Waals surface area (Å²) >= 11 is 1.63. The van der Waals surface area contributed by atoms with Crippen molar-refractivity contribution in [1.82, 2.24) is 19.9 Å². The number of aryl methyl sites for hydroxylation is 2. The first-order valence-corrected chi connectivity index (χ1v) is 7.88. The van der Waals surface area contributed by atoms with Gasteiger partial charge >= 0.3 is 0 Å². The number of rotatable bonds is 5. The predicted molar refractivity (Wildman–Crippen MR) is 85.1 cm³/mol. The monoisotopic (exact) mass is 316 g/mol. The summed E-state index contributed by atoms with van der Waals surface area (Å²) in [5.74, 6) is 0.649. The Morgan fingerprint density at radius 1 is 1.32 bits per heavy atom. The Bertz CT molecular complexity index is 748. The van der Waals surface area contributed by atoms with Gasteiger partial charge in [-0.2, -0.15) is 0 Å². The van der Waals surface area contributed by atoms with Gasteiger partial charge in [0.15, 0.2) is 0 Å². The highest BCUT2D eigenvalue weighted by molar-refractivity contribution is 7.09. The number of halogens is 1. The van der Waals surface area contributed by atoms with E-state index in [0.29, 0.717) is 6.54 Å². The molecule has 0 saturated heterocycles. The van der Waals surface area contributed by atoms with E-state index in [-0.39, 0.29) is 11.9 Å². The van der Waals surface area contributed by atoms with Crippen molar-refractivity contribution in [2.45, 2.75) is 19.5 Å². The molecule has 0 saturated carbocycles. The Hall–Kier alpha value is -2.05. The average Bonchev–Trinajstić information content (AvgIpc) is 3.10. The van der Waals surface area contributed by atoms with E-state index in [1.54, 1.807) is 29.7 Å². The molecule has 3 rings (SSSR count). The molecule has 114 valence electrons. The first kappa shape index (κ1) is 14.9. The van der Waals surface area contributed by atoms with Gasteiger partial charge < -0.3 is 4.57 Å². The predicted octanol–water partition coefficient (Wildman–Crippen LogP) is 3.20. The zero-order valence-corrected chi connectivity index (χ0v) is 13.3. The van der Waals surface area contributed by atoms with E-state index in [0.717, 1.165) is 22.1 Å². The van der Waals surface area contributed by atoms with Gasteiger partial charge in [-0.1, -0.05) is 12.1 Å². The zero-order chi connectivity index (χ0) is 15.5. The fourth-order valence-electron chi connectivity index (χ4n) is 2.36. The highest BCUT2D eigenvalue weighted by Crippen LogP contribution is 2.21. The van der Waals surface area contributed by atoms with Gasteiger partial charge in [-0.25, -0.2) is 14.4 Å². The van der Waals surface area contributed by atoms with E-state index >= 15 is 0 Å². The second-order valence-corrected chi connectivity index (χ2v) is 6.18. The summed E-state index contributed by atoms with van der Waals surface area (Å²) in [5.41, 5.74) is 1.98. The van der Waals surface area contributed by atoms with Crippen LogP contribution in [0.2, 0.25) is 0 Å². The molecule has 4 nitrogen and oxygen atoms in total. The summed E-state index contributed by atoms with van der Waals surface area (Å²) in [4.78, 5) is 8.88. The highest BCUT2D eigenvalue weighted by Gasteiger charge is 2.18. The van der Waals surface area contributed by atoms with Crippen molar-refractivity contribution < 1.29 is 4.39 Å². The van der Waals surface area contributed by atoms with Gasteiger partial charge in [-0.3, -0.25) is 5.32 Å². The molecule has 22 heavy (non-hydrogen) atoms. The third-order valence-electron chi connectivity index (χ3n) is 3.47. The quantitative estimate of drug-likeness (QED) is 0.786. The second kappa shape index (κ2) is 6.37. The van der Waals surface area contributed by atoms with Crippen LogP contribution < -0.4 is 5.32 Å². The molecule has 2 heterocycles. The lowest BCUT2D eigenvalue weighted by Gasteiger charge is -2.18. The number of aromatic nitrogens is 3. The molecule has 3 aromatic rings.